The average Bonchev–Trinajstić information content (AvgIpc) is 3.17. The SMILES string of the molecule is CCCC1NC(c2ccc(C)s2)N(CC2CCCC2)C1=O. The molecule has 2 heterocycles. The first kappa shape index (κ1) is 15.0. The Morgan fingerprint density at radius 3 is 2.71 bits per heavy atom. The van der Waals surface area contributed by atoms with Gasteiger partial charge in [0.15, 0.2) is 0 Å². The standard InChI is InChI=1S/C17H26N2OS/c1-3-6-14-17(20)19(11-13-7-4-5-8-13)16(18-14)15-10-9-12(2)21-15/h9-10,13-14,16,18H,3-8,11H2,1-2H3. The van der Waals surface area contributed by atoms with E-state index < -0.39 is 0 Å². The monoisotopic (exact) mass is 306 g/mol. The van der Waals surface area contributed by atoms with Gasteiger partial charge in [-0.15, -0.1) is 11.3 Å². The van der Waals surface area contributed by atoms with Crippen molar-refractivity contribution in [3.05, 3.63) is 21.9 Å². The molecule has 1 aliphatic heterocycles. The topological polar surface area (TPSA) is 32.3 Å². The Balaban J connectivity index is 1.78. The summed E-state index contributed by atoms with van der Waals surface area (Å²) in [6.07, 6.45) is 7.35. The number of aryl methyl sites for hydroxylation is 1. The summed E-state index contributed by atoms with van der Waals surface area (Å²) in [5, 5.41) is 3.58. The molecule has 4 heteroatoms. The van der Waals surface area contributed by atoms with E-state index in [1.807, 2.05) is 11.3 Å². The molecule has 2 unspecified atom stereocenters. The van der Waals surface area contributed by atoms with Gasteiger partial charge in [-0.3, -0.25) is 10.1 Å². The second-order valence-corrected chi connectivity index (χ2v) is 7.82. The first-order valence-electron chi connectivity index (χ1n) is 8.32. The minimum absolute atomic E-state index is 0.0174. The molecule has 0 bridgehead atoms. The molecule has 0 aromatic carbocycles. The van der Waals surface area contributed by atoms with E-state index in [1.54, 1.807) is 0 Å². The van der Waals surface area contributed by atoms with Crippen LogP contribution < -0.4 is 5.32 Å². The van der Waals surface area contributed by atoms with Crippen LogP contribution in [0.1, 0.15) is 61.4 Å². The van der Waals surface area contributed by atoms with Gasteiger partial charge < -0.3 is 4.90 Å². The van der Waals surface area contributed by atoms with Gasteiger partial charge in [-0.25, -0.2) is 0 Å². The molecule has 1 aliphatic carbocycles. The lowest BCUT2D eigenvalue weighted by atomic mass is 10.1. The summed E-state index contributed by atoms with van der Waals surface area (Å²) in [5.41, 5.74) is 0. The summed E-state index contributed by atoms with van der Waals surface area (Å²) in [5.74, 6) is 1.03. The van der Waals surface area contributed by atoms with Crippen LogP contribution in [0.15, 0.2) is 12.1 Å². The average molecular weight is 306 g/mol. The summed E-state index contributed by atoms with van der Waals surface area (Å²) in [4.78, 5) is 17.5. The Morgan fingerprint density at radius 2 is 2.10 bits per heavy atom. The van der Waals surface area contributed by atoms with Crippen molar-refractivity contribution in [3.8, 4) is 0 Å². The molecule has 3 rings (SSSR count). The quantitative estimate of drug-likeness (QED) is 0.896. The van der Waals surface area contributed by atoms with Crippen LogP contribution in [0.2, 0.25) is 0 Å². The normalized spacial score (nSPS) is 27.0. The highest BCUT2D eigenvalue weighted by Gasteiger charge is 2.40. The second-order valence-electron chi connectivity index (χ2n) is 6.50. The van der Waals surface area contributed by atoms with Gasteiger partial charge in [0.2, 0.25) is 5.91 Å². The van der Waals surface area contributed by atoms with E-state index in [0.717, 1.165) is 19.4 Å². The number of hydrogen-bond acceptors (Lipinski definition) is 3. The molecule has 3 nitrogen and oxygen atoms in total. The molecular weight excluding hydrogens is 280 g/mol. The van der Waals surface area contributed by atoms with Crippen LogP contribution >= 0.6 is 11.3 Å². The number of thiophene rings is 1. The minimum Gasteiger partial charge on any atom is -0.320 e. The van der Waals surface area contributed by atoms with Crippen molar-refractivity contribution >= 4 is 17.2 Å². The molecule has 1 aromatic heterocycles. The van der Waals surface area contributed by atoms with Crippen LogP contribution in [-0.2, 0) is 4.79 Å². The van der Waals surface area contributed by atoms with Crippen molar-refractivity contribution in [1.29, 1.82) is 0 Å². The Labute approximate surface area is 131 Å². The lowest BCUT2D eigenvalue weighted by Crippen LogP contribution is -2.34. The van der Waals surface area contributed by atoms with Crippen LogP contribution in [0, 0.1) is 12.8 Å². The molecule has 2 aliphatic rings. The Hall–Kier alpha value is -0.870. The maximum Gasteiger partial charge on any atom is 0.241 e. The molecule has 1 N–H and O–H groups in total. The van der Waals surface area contributed by atoms with Gasteiger partial charge >= 0.3 is 0 Å². The van der Waals surface area contributed by atoms with E-state index in [4.69, 9.17) is 0 Å². The van der Waals surface area contributed by atoms with Crippen molar-refractivity contribution in [2.24, 2.45) is 5.92 Å². The molecule has 1 saturated heterocycles. The Bertz CT molecular complexity index is 493. The molecule has 1 amide bonds. The van der Waals surface area contributed by atoms with Gasteiger partial charge in [0.25, 0.3) is 0 Å². The predicted octanol–water partition coefficient (Wildman–Crippen LogP) is 3.85. The molecule has 2 fully saturated rings. The Morgan fingerprint density at radius 1 is 1.33 bits per heavy atom. The Kier molecular flexibility index (Phi) is 4.65. The van der Waals surface area contributed by atoms with E-state index >= 15 is 0 Å². The van der Waals surface area contributed by atoms with Gasteiger partial charge in [0.05, 0.1) is 6.04 Å². The van der Waals surface area contributed by atoms with Crippen molar-refractivity contribution in [2.75, 3.05) is 6.54 Å². The molecular formula is C17H26N2OS. The van der Waals surface area contributed by atoms with E-state index in [2.05, 4.69) is 36.2 Å². The zero-order chi connectivity index (χ0) is 14.8. The highest BCUT2D eigenvalue weighted by atomic mass is 32.1. The summed E-state index contributed by atoms with van der Waals surface area (Å²) in [7, 11) is 0. The first-order valence-corrected chi connectivity index (χ1v) is 9.13. The summed E-state index contributed by atoms with van der Waals surface area (Å²) < 4.78 is 0. The van der Waals surface area contributed by atoms with Crippen LogP contribution in [0.3, 0.4) is 0 Å². The fourth-order valence-electron chi connectivity index (χ4n) is 3.68. The summed E-state index contributed by atoms with van der Waals surface area (Å²) in [6.45, 7) is 5.22. The third-order valence-electron chi connectivity index (χ3n) is 4.79. The third kappa shape index (κ3) is 3.16. The number of nitrogens with one attached hydrogen (secondary N) is 1. The molecule has 1 saturated carbocycles. The molecule has 116 valence electrons. The minimum atomic E-state index is 0.0174. The highest BCUT2D eigenvalue weighted by molar-refractivity contribution is 7.12. The van der Waals surface area contributed by atoms with E-state index in [0.29, 0.717) is 11.8 Å². The summed E-state index contributed by atoms with van der Waals surface area (Å²) in [6, 6.07) is 4.36. The maximum atomic E-state index is 12.7. The fourth-order valence-corrected chi connectivity index (χ4v) is 4.63. The fraction of sp³-hybridized carbons (Fsp3) is 0.706. The number of nitrogens with zero attached hydrogens (tertiary/aromatic N) is 1. The van der Waals surface area contributed by atoms with E-state index in [1.165, 1.54) is 35.4 Å². The maximum absolute atomic E-state index is 12.7. The van der Waals surface area contributed by atoms with Crippen molar-refractivity contribution < 1.29 is 4.79 Å². The van der Waals surface area contributed by atoms with E-state index in [9.17, 15) is 4.79 Å². The van der Waals surface area contributed by atoms with Gasteiger partial charge in [0, 0.05) is 16.3 Å². The zero-order valence-corrected chi connectivity index (χ0v) is 13.9. The van der Waals surface area contributed by atoms with Crippen molar-refractivity contribution in [2.45, 2.75) is 64.6 Å². The van der Waals surface area contributed by atoms with Crippen LogP contribution in [0.5, 0.6) is 0 Å². The van der Waals surface area contributed by atoms with Crippen LogP contribution in [0.4, 0.5) is 0 Å². The second kappa shape index (κ2) is 6.49. The van der Waals surface area contributed by atoms with Gasteiger partial charge in [-0.2, -0.15) is 0 Å². The third-order valence-corrected chi connectivity index (χ3v) is 5.84. The molecule has 1 aromatic rings. The highest BCUT2D eigenvalue weighted by Crippen LogP contribution is 2.34. The molecule has 2 atom stereocenters. The van der Waals surface area contributed by atoms with E-state index in [-0.39, 0.29) is 12.2 Å². The summed E-state index contributed by atoms with van der Waals surface area (Å²) >= 11 is 1.81. The molecule has 0 spiro atoms. The first-order chi connectivity index (χ1) is 10.2. The number of rotatable bonds is 5. The number of amides is 1. The van der Waals surface area contributed by atoms with Crippen LogP contribution in [-0.4, -0.2) is 23.4 Å². The number of carbonyl (C=O) groups is 1. The van der Waals surface area contributed by atoms with Crippen molar-refractivity contribution in [3.63, 3.8) is 0 Å². The lowest BCUT2D eigenvalue weighted by Gasteiger charge is -2.26. The molecule has 0 radical (unpaired) electrons. The zero-order valence-electron chi connectivity index (χ0n) is 13.1. The van der Waals surface area contributed by atoms with Gasteiger partial charge in [-0.05, 0) is 44.2 Å². The lowest BCUT2D eigenvalue weighted by molar-refractivity contribution is -0.130. The largest absolute Gasteiger partial charge is 0.320 e. The predicted molar refractivity (Wildman–Crippen MR) is 87.3 cm³/mol. The number of hydrogen-bond donors (Lipinski definition) is 1. The smallest absolute Gasteiger partial charge is 0.241 e. The van der Waals surface area contributed by atoms with Gasteiger partial charge in [0.1, 0.15) is 6.17 Å². The van der Waals surface area contributed by atoms with Gasteiger partial charge in [-0.1, -0.05) is 26.2 Å². The van der Waals surface area contributed by atoms with Crippen LogP contribution in [0.25, 0.3) is 0 Å². The molecule has 21 heavy (non-hydrogen) atoms. The van der Waals surface area contributed by atoms with Crippen molar-refractivity contribution in [1.82, 2.24) is 10.2 Å². The number of carbonyl (C=O) groups excluding carboxylic acids is 1.